The second-order valence-electron chi connectivity index (χ2n) is 10.9. The molecule has 34 heavy (non-hydrogen) atoms. The van der Waals surface area contributed by atoms with Crippen molar-refractivity contribution in [2.45, 2.75) is 65.7 Å². The first-order valence-electron chi connectivity index (χ1n) is 12.4. The zero-order valence-corrected chi connectivity index (χ0v) is 21.8. The van der Waals surface area contributed by atoms with Crippen LogP contribution in [0.4, 0.5) is 0 Å². The van der Waals surface area contributed by atoms with E-state index in [1.54, 1.807) is 0 Å². The van der Waals surface area contributed by atoms with Gasteiger partial charge in [0, 0.05) is 28.3 Å². The third-order valence-corrected chi connectivity index (χ3v) is 7.54. The van der Waals surface area contributed by atoms with Gasteiger partial charge in [0.05, 0.1) is 18.3 Å². The normalized spacial score (nSPS) is 14.1. The van der Waals surface area contributed by atoms with Gasteiger partial charge in [0.2, 0.25) is 0 Å². The molecule has 0 radical (unpaired) electrons. The van der Waals surface area contributed by atoms with E-state index in [2.05, 4.69) is 120 Å². The van der Waals surface area contributed by atoms with Crippen molar-refractivity contribution in [3.8, 4) is 28.2 Å². The number of fused-ring (bicyclic) bond motifs is 3. The van der Waals surface area contributed by atoms with Crippen molar-refractivity contribution in [2.24, 2.45) is 7.05 Å². The van der Waals surface area contributed by atoms with Gasteiger partial charge in [-0.3, -0.25) is 4.98 Å². The molecule has 0 N–H and O–H groups in total. The first kappa shape index (κ1) is 22.6. The van der Waals surface area contributed by atoms with Crippen LogP contribution < -0.4 is 4.57 Å². The van der Waals surface area contributed by atoms with E-state index in [0.29, 0.717) is 11.8 Å². The Hall–Kier alpha value is -3.20. The molecule has 5 rings (SSSR count). The second-order valence-corrected chi connectivity index (χ2v) is 10.9. The van der Waals surface area contributed by atoms with Gasteiger partial charge in [-0.2, -0.15) is 4.57 Å². The molecule has 0 saturated heterocycles. The summed E-state index contributed by atoms with van der Waals surface area (Å²) in [6, 6.07) is 15.6. The fourth-order valence-electron chi connectivity index (χ4n) is 5.85. The summed E-state index contributed by atoms with van der Waals surface area (Å²) in [7, 11) is 2.17. The van der Waals surface area contributed by atoms with Gasteiger partial charge in [0.1, 0.15) is 18.1 Å². The molecule has 2 aromatic heterocycles. The van der Waals surface area contributed by atoms with Gasteiger partial charge in [0.25, 0.3) is 5.82 Å². The quantitative estimate of drug-likeness (QED) is 0.301. The topological polar surface area (TPSA) is 21.7 Å². The molecule has 3 heteroatoms. The molecule has 0 saturated carbocycles. The predicted molar refractivity (Wildman–Crippen MR) is 141 cm³/mol. The summed E-state index contributed by atoms with van der Waals surface area (Å²) >= 11 is 0. The minimum atomic E-state index is -0.173. The summed E-state index contributed by atoms with van der Waals surface area (Å²) in [5.74, 6) is 2.09. The number of imidazole rings is 1. The van der Waals surface area contributed by atoms with Gasteiger partial charge in [0.15, 0.2) is 0 Å². The lowest BCUT2D eigenvalue weighted by atomic mass is 9.80. The van der Waals surface area contributed by atoms with Gasteiger partial charge in [-0.1, -0.05) is 77.9 Å². The summed E-state index contributed by atoms with van der Waals surface area (Å²) in [4.78, 5) is 4.84. The number of hydrogen-bond donors (Lipinski definition) is 0. The highest BCUT2D eigenvalue weighted by atomic mass is 15.1. The van der Waals surface area contributed by atoms with Crippen LogP contribution in [0.2, 0.25) is 0 Å². The van der Waals surface area contributed by atoms with Crippen molar-refractivity contribution in [3.63, 3.8) is 0 Å². The van der Waals surface area contributed by atoms with Crippen molar-refractivity contribution in [3.05, 3.63) is 89.0 Å². The average molecular weight is 451 g/mol. The van der Waals surface area contributed by atoms with E-state index in [1.807, 2.05) is 6.20 Å². The average Bonchev–Trinajstić information content (AvgIpc) is 3.28. The zero-order valence-electron chi connectivity index (χ0n) is 21.8. The summed E-state index contributed by atoms with van der Waals surface area (Å²) in [5.41, 5.74) is 11.7. The third kappa shape index (κ3) is 3.17. The van der Waals surface area contributed by atoms with Crippen molar-refractivity contribution in [1.82, 2.24) is 9.55 Å². The van der Waals surface area contributed by atoms with Crippen LogP contribution in [-0.4, -0.2) is 9.55 Å². The number of para-hydroxylation sites is 1. The van der Waals surface area contributed by atoms with Gasteiger partial charge in [-0.15, -0.1) is 0 Å². The maximum atomic E-state index is 4.84. The Bertz CT molecular complexity index is 1380. The van der Waals surface area contributed by atoms with E-state index in [9.17, 15) is 0 Å². The van der Waals surface area contributed by atoms with Crippen molar-refractivity contribution < 1.29 is 4.57 Å². The van der Waals surface area contributed by atoms with Crippen molar-refractivity contribution in [1.29, 1.82) is 0 Å². The fraction of sp³-hybridized carbons (Fsp3) is 0.355. The summed E-state index contributed by atoms with van der Waals surface area (Å²) in [6.07, 6.45) is 6.37. The van der Waals surface area contributed by atoms with Crippen LogP contribution in [0, 0.1) is 6.92 Å². The van der Waals surface area contributed by atoms with Crippen LogP contribution in [0.1, 0.15) is 81.3 Å². The van der Waals surface area contributed by atoms with E-state index < -0.39 is 0 Å². The molecule has 1 aliphatic rings. The Kier molecular flexibility index (Phi) is 5.27. The van der Waals surface area contributed by atoms with E-state index in [4.69, 9.17) is 4.98 Å². The molecular weight excluding hydrogens is 414 g/mol. The first-order valence-corrected chi connectivity index (χ1v) is 12.4. The Labute approximate surface area is 204 Å². The number of aromatic nitrogens is 3. The van der Waals surface area contributed by atoms with Crippen molar-refractivity contribution in [2.75, 3.05) is 0 Å². The van der Waals surface area contributed by atoms with Gasteiger partial charge in [-0.25, -0.2) is 4.57 Å². The molecular formula is C31H36N3+. The Morgan fingerprint density at radius 1 is 0.882 bits per heavy atom. The van der Waals surface area contributed by atoms with Crippen LogP contribution >= 0.6 is 0 Å². The predicted octanol–water partition coefficient (Wildman–Crippen LogP) is 7.23. The highest BCUT2D eigenvalue weighted by Gasteiger charge is 2.42. The Morgan fingerprint density at radius 3 is 2.21 bits per heavy atom. The van der Waals surface area contributed by atoms with Crippen LogP contribution in [0.15, 0.2) is 61.1 Å². The molecule has 2 heterocycles. The van der Waals surface area contributed by atoms with Crippen LogP contribution in [0.5, 0.6) is 0 Å². The molecule has 0 fully saturated rings. The zero-order chi connectivity index (χ0) is 24.4. The molecule has 3 nitrogen and oxygen atoms in total. The summed E-state index contributed by atoms with van der Waals surface area (Å²) in [6.45, 7) is 16.1. The molecule has 174 valence electrons. The number of aryl methyl sites for hydroxylation is 2. The van der Waals surface area contributed by atoms with Crippen molar-refractivity contribution >= 4 is 0 Å². The minimum absolute atomic E-state index is 0.173. The number of hydrogen-bond acceptors (Lipinski definition) is 1. The highest BCUT2D eigenvalue weighted by Crippen LogP contribution is 2.52. The van der Waals surface area contributed by atoms with Crippen LogP contribution in [0.25, 0.3) is 28.2 Å². The number of rotatable bonds is 4. The number of benzene rings is 2. The van der Waals surface area contributed by atoms with Crippen LogP contribution in [0.3, 0.4) is 0 Å². The number of pyridine rings is 1. The van der Waals surface area contributed by atoms with E-state index >= 15 is 0 Å². The van der Waals surface area contributed by atoms with Gasteiger partial charge in [-0.05, 0) is 41.5 Å². The second kappa shape index (κ2) is 7.94. The molecule has 0 atom stereocenters. The lowest BCUT2D eigenvalue weighted by Gasteiger charge is -2.24. The lowest BCUT2D eigenvalue weighted by Crippen LogP contribution is -2.31. The van der Waals surface area contributed by atoms with E-state index in [0.717, 1.165) is 0 Å². The maximum absolute atomic E-state index is 4.84. The molecule has 0 bridgehead atoms. The molecule has 2 aromatic carbocycles. The molecule has 0 aliphatic heterocycles. The molecule has 0 spiro atoms. The van der Waals surface area contributed by atoms with Crippen LogP contribution in [-0.2, 0) is 12.5 Å². The minimum Gasteiger partial charge on any atom is -0.260 e. The maximum Gasteiger partial charge on any atom is 0.294 e. The fourth-order valence-corrected chi connectivity index (χ4v) is 5.85. The first-order chi connectivity index (χ1) is 16.1. The SMILES string of the molecule is Cc1ccc2c(c1-c1n(-c3c(C(C)C)cccc3C(C)C)cc[n+]1C)C(C)(C)c1ncccc1-2. The summed E-state index contributed by atoms with van der Waals surface area (Å²) < 4.78 is 4.73. The van der Waals surface area contributed by atoms with Gasteiger partial charge < -0.3 is 0 Å². The molecule has 0 amide bonds. The highest BCUT2D eigenvalue weighted by molar-refractivity contribution is 5.87. The largest absolute Gasteiger partial charge is 0.294 e. The summed E-state index contributed by atoms with van der Waals surface area (Å²) in [5, 5.41) is 0. The van der Waals surface area contributed by atoms with E-state index in [1.165, 1.54) is 56.1 Å². The third-order valence-electron chi connectivity index (χ3n) is 7.54. The Morgan fingerprint density at radius 2 is 1.56 bits per heavy atom. The Balaban J connectivity index is 1.87. The molecule has 0 unspecified atom stereocenters. The number of nitrogens with zero attached hydrogens (tertiary/aromatic N) is 3. The van der Waals surface area contributed by atoms with Gasteiger partial charge >= 0.3 is 0 Å². The molecule has 1 aliphatic carbocycles. The smallest absolute Gasteiger partial charge is 0.260 e. The lowest BCUT2D eigenvalue weighted by molar-refractivity contribution is -0.659. The standard InChI is InChI=1S/C31H36N3/c1-19(2)22-11-9-12-23(20(3)4)28(22)34-18-17-33(8)30(34)26-21(5)14-15-24-25-13-10-16-32-29(25)31(6,7)27(24)26/h9-20H,1-8H3/q+1. The van der Waals surface area contributed by atoms with E-state index in [-0.39, 0.29) is 5.41 Å². The monoisotopic (exact) mass is 450 g/mol. The molecule has 4 aromatic rings.